The van der Waals surface area contributed by atoms with E-state index in [-0.39, 0.29) is 12.6 Å². The van der Waals surface area contributed by atoms with Crippen molar-refractivity contribution in [3.63, 3.8) is 0 Å². The lowest BCUT2D eigenvalue weighted by atomic mass is 10.1. The molecule has 0 saturated carbocycles. The summed E-state index contributed by atoms with van der Waals surface area (Å²) in [5.74, 6) is 0. The van der Waals surface area contributed by atoms with Gasteiger partial charge < -0.3 is 10.8 Å². The molecule has 4 nitrogen and oxygen atoms in total. The summed E-state index contributed by atoms with van der Waals surface area (Å²) in [5, 5.41) is 13.4. The SMILES string of the molecule is Cn1nc(-c2ccccc2)cc1CC(N)CO. The lowest BCUT2D eigenvalue weighted by molar-refractivity contribution is 0.264. The predicted octanol–water partition coefficient (Wildman–Crippen LogP) is 0.949. The van der Waals surface area contributed by atoms with Gasteiger partial charge in [0, 0.05) is 30.8 Å². The molecular weight excluding hydrogens is 214 g/mol. The molecule has 1 aromatic carbocycles. The molecule has 1 unspecified atom stereocenters. The number of benzene rings is 1. The summed E-state index contributed by atoms with van der Waals surface area (Å²) in [4.78, 5) is 0. The fraction of sp³-hybridized carbons (Fsp3) is 0.308. The second-order valence-corrected chi connectivity index (χ2v) is 4.16. The molecule has 0 aliphatic heterocycles. The zero-order chi connectivity index (χ0) is 12.3. The van der Waals surface area contributed by atoms with Crippen molar-refractivity contribution in [2.24, 2.45) is 12.8 Å². The minimum absolute atomic E-state index is 0.00809. The van der Waals surface area contributed by atoms with Crippen molar-refractivity contribution in [2.45, 2.75) is 12.5 Å². The predicted molar refractivity (Wildman–Crippen MR) is 67.4 cm³/mol. The highest BCUT2D eigenvalue weighted by Gasteiger charge is 2.10. The lowest BCUT2D eigenvalue weighted by Gasteiger charge is -2.06. The van der Waals surface area contributed by atoms with E-state index in [9.17, 15) is 0 Å². The van der Waals surface area contributed by atoms with Crippen molar-refractivity contribution < 1.29 is 5.11 Å². The van der Waals surface area contributed by atoms with E-state index < -0.39 is 0 Å². The number of nitrogens with two attached hydrogens (primary N) is 1. The Morgan fingerprint density at radius 3 is 2.71 bits per heavy atom. The highest BCUT2D eigenvalue weighted by atomic mass is 16.3. The molecule has 0 aliphatic rings. The number of rotatable bonds is 4. The van der Waals surface area contributed by atoms with Crippen LogP contribution in [-0.4, -0.2) is 27.5 Å². The first kappa shape index (κ1) is 11.8. The van der Waals surface area contributed by atoms with Gasteiger partial charge in [0.05, 0.1) is 12.3 Å². The van der Waals surface area contributed by atoms with E-state index in [4.69, 9.17) is 10.8 Å². The van der Waals surface area contributed by atoms with Gasteiger partial charge in [0.2, 0.25) is 0 Å². The van der Waals surface area contributed by atoms with E-state index in [0.29, 0.717) is 6.42 Å². The van der Waals surface area contributed by atoms with Gasteiger partial charge in [-0.3, -0.25) is 4.68 Å². The van der Waals surface area contributed by atoms with Crippen LogP contribution in [0, 0.1) is 0 Å². The maximum Gasteiger partial charge on any atom is 0.0925 e. The highest BCUT2D eigenvalue weighted by Crippen LogP contribution is 2.18. The van der Waals surface area contributed by atoms with Crippen LogP contribution in [0.3, 0.4) is 0 Å². The van der Waals surface area contributed by atoms with E-state index in [1.165, 1.54) is 0 Å². The van der Waals surface area contributed by atoms with E-state index in [0.717, 1.165) is 17.0 Å². The third-order valence-electron chi connectivity index (χ3n) is 2.75. The topological polar surface area (TPSA) is 64.1 Å². The van der Waals surface area contributed by atoms with Crippen molar-refractivity contribution >= 4 is 0 Å². The van der Waals surface area contributed by atoms with Crippen molar-refractivity contribution in [3.8, 4) is 11.3 Å². The molecule has 1 atom stereocenters. The van der Waals surface area contributed by atoms with Crippen LogP contribution in [0.4, 0.5) is 0 Å². The van der Waals surface area contributed by atoms with E-state index in [1.54, 1.807) is 0 Å². The minimum Gasteiger partial charge on any atom is -0.395 e. The summed E-state index contributed by atoms with van der Waals surface area (Å²) >= 11 is 0. The van der Waals surface area contributed by atoms with Crippen LogP contribution in [0.1, 0.15) is 5.69 Å². The maximum absolute atomic E-state index is 8.96. The Bertz CT molecular complexity index is 479. The van der Waals surface area contributed by atoms with Crippen LogP contribution in [-0.2, 0) is 13.5 Å². The molecule has 90 valence electrons. The van der Waals surface area contributed by atoms with Crippen molar-refractivity contribution in [2.75, 3.05) is 6.61 Å². The number of hydrogen-bond acceptors (Lipinski definition) is 3. The molecule has 0 fully saturated rings. The zero-order valence-corrected chi connectivity index (χ0v) is 9.87. The molecule has 0 amide bonds. The molecular formula is C13H17N3O. The van der Waals surface area contributed by atoms with Gasteiger partial charge in [-0.05, 0) is 6.07 Å². The number of nitrogens with zero attached hydrogens (tertiary/aromatic N) is 2. The Morgan fingerprint density at radius 2 is 2.06 bits per heavy atom. The smallest absolute Gasteiger partial charge is 0.0925 e. The van der Waals surface area contributed by atoms with Gasteiger partial charge in [-0.2, -0.15) is 5.10 Å². The average Bonchev–Trinajstić information content (AvgIpc) is 2.72. The van der Waals surface area contributed by atoms with E-state index >= 15 is 0 Å². The zero-order valence-electron chi connectivity index (χ0n) is 9.87. The molecule has 0 bridgehead atoms. The Hall–Kier alpha value is -1.65. The molecule has 0 aliphatic carbocycles. The Balaban J connectivity index is 2.25. The van der Waals surface area contributed by atoms with Gasteiger partial charge in [-0.25, -0.2) is 0 Å². The quantitative estimate of drug-likeness (QED) is 0.823. The second kappa shape index (κ2) is 5.12. The monoisotopic (exact) mass is 231 g/mol. The standard InChI is InChI=1S/C13H17N3O/c1-16-12(7-11(14)9-17)8-13(15-16)10-5-3-2-4-6-10/h2-6,8,11,17H,7,9,14H2,1H3. The Morgan fingerprint density at radius 1 is 1.35 bits per heavy atom. The van der Waals surface area contributed by atoms with Crippen LogP contribution in [0.25, 0.3) is 11.3 Å². The fourth-order valence-electron chi connectivity index (χ4n) is 1.78. The maximum atomic E-state index is 8.96. The van der Waals surface area contributed by atoms with Gasteiger partial charge in [0.1, 0.15) is 0 Å². The molecule has 0 spiro atoms. The van der Waals surface area contributed by atoms with Gasteiger partial charge in [0.25, 0.3) is 0 Å². The molecule has 2 rings (SSSR count). The van der Waals surface area contributed by atoms with Crippen LogP contribution in [0.5, 0.6) is 0 Å². The van der Waals surface area contributed by atoms with Crippen molar-refractivity contribution in [1.29, 1.82) is 0 Å². The third-order valence-corrected chi connectivity index (χ3v) is 2.75. The Labute approximate surface area is 101 Å². The van der Waals surface area contributed by atoms with E-state index in [2.05, 4.69) is 5.10 Å². The van der Waals surface area contributed by atoms with Crippen LogP contribution in [0.15, 0.2) is 36.4 Å². The molecule has 3 N–H and O–H groups in total. The first-order chi connectivity index (χ1) is 8.20. The van der Waals surface area contributed by atoms with Crippen molar-refractivity contribution in [1.82, 2.24) is 9.78 Å². The number of hydrogen-bond donors (Lipinski definition) is 2. The summed E-state index contributed by atoms with van der Waals surface area (Å²) in [6.07, 6.45) is 0.632. The molecule has 4 heteroatoms. The average molecular weight is 231 g/mol. The van der Waals surface area contributed by atoms with Crippen LogP contribution in [0.2, 0.25) is 0 Å². The molecule has 0 radical (unpaired) electrons. The normalized spacial score (nSPS) is 12.6. The number of aliphatic hydroxyl groups excluding tert-OH is 1. The third kappa shape index (κ3) is 2.72. The van der Waals surface area contributed by atoms with Gasteiger partial charge >= 0.3 is 0 Å². The van der Waals surface area contributed by atoms with Crippen LogP contribution < -0.4 is 5.73 Å². The first-order valence-electron chi connectivity index (χ1n) is 5.65. The van der Waals surface area contributed by atoms with Gasteiger partial charge in [-0.1, -0.05) is 30.3 Å². The Kier molecular flexibility index (Phi) is 3.56. The van der Waals surface area contributed by atoms with Crippen LogP contribution >= 0.6 is 0 Å². The van der Waals surface area contributed by atoms with E-state index in [1.807, 2.05) is 48.1 Å². The molecule has 0 saturated heterocycles. The molecule has 1 aromatic heterocycles. The molecule has 2 aromatic rings. The highest BCUT2D eigenvalue weighted by molar-refractivity contribution is 5.59. The number of aryl methyl sites for hydroxylation is 1. The minimum atomic E-state index is -0.228. The summed E-state index contributed by atoms with van der Waals surface area (Å²) in [5.41, 5.74) is 8.79. The number of aliphatic hydroxyl groups is 1. The summed E-state index contributed by atoms with van der Waals surface area (Å²) in [7, 11) is 1.89. The molecule has 1 heterocycles. The summed E-state index contributed by atoms with van der Waals surface area (Å²) < 4.78 is 1.82. The van der Waals surface area contributed by atoms with Gasteiger partial charge in [0.15, 0.2) is 0 Å². The second-order valence-electron chi connectivity index (χ2n) is 4.16. The fourth-order valence-corrected chi connectivity index (χ4v) is 1.78. The van der Waals surface area contributed by atoms with Crippen molar-refractivity contribution in [3.05, 3.63) is 42.1 Å². The summed E-state index contributed by atoms with van der Waals surface area (Å²) in [6.45, 7) is -0.00809. The first-order valence-corrected chi connectivity index (χ1v) is 5.65. The molecule has 17 heavy (non-hydrogen) atoms. The van der Waals surface area contributed by atoms with Gasteiger partial charge in [-0.15, -0.1) is 0 Å². The summed E-state index contributed by atoms with van der Waals surface area (Å²) in [6, 6.07) is 11.8. The number of aromatic nitrogens is 2. The lowest BCUT2D eigenvalue weighted by Crippen LogP contribution is -2.27. The largest absolute Gasteiger partial charge is 0.395 e.